The summed E-state index contributed by atoms with van der Waals surface area (Å²) in [6.07, 6.45) is 5.94. The van der Waals surface area contributed by atoms with Crippen LogP contribution in [0.4, 0.5) is 0 Å². The Morgan fingerprint density at radius 1 is 1.21 bits per heavy atom. The highest BCUT2D eigenvalue weighted by atomic mass is 16.6. The first-order valence-corrected chi connectivity index (χ1v) is 10.8. The largest absolute Gasteiger partial charge is 0.478 e. The lowest BCUT2D eigenvalue weighted by atomic mass is 9.94. The molecule has 9 heteroatoms. The van der Waals surface area contributed by atoms with Gasteiger partial charge in [-0.3, -0.25) is 9.25 Å². The summed E-state index contributed by atoms with van der Waals surface area (Å²) in [5, 5.41) is 4.26. The number of aromatic nitrogens is 5. The third-order valence-corrected chi connectivity index (χ3v) is 5.86. The van der Waals surface area contributed by atoms with Crippen molar-refractivity contribution in [2.24, 2.45) is 7.05 Å². The fourth-order valence-electron chi connectivity index (χ4n) is 4.25. The number of benzene rings is 1. The van der Waals surface area contributed by atoms with E-state index in [0.717, 1.165) is 28.8 Å². The number of hydrogen-bond donors (Lipinski definition) is 0. The Bertz CT molecular complexity index is 1410. The van der Waals surface area contributed by atoms with E-state index < -0.39 is 0 Å². The third-order valence-electron chi connectivity index (χ3n) is 5.86. The maximum Gasteiger partial charge on any atom is 0.351 e. The fraction of sp³-hybridized carbons (Fsp3) is 0.250. The van der Waals surface area contributed by atoms with E-state index >= 15 is 0 Å². The molecular formula is C24H21N5O4. The van der Waals surface area contributed by atoms with Crippen LogP contribution in [0.1, 0.15) is 5.56 Å². The number of pyridine rings is 1. The van der Waals surface area contributed by atoms with Gasteiger partial charge >= 0.3 is 5.69 Å². The second kappa shape index (κ2) is 7.77. The lowest BCUT2D eigenvalue weighted by molar-refractivity contribution is 0.0486. The van der Waals surface area contributed by atoms with Crippen molar-refractivity contribution in [3.63, 3.8) is 0 Å². The van der Waals surface area contributed by atoms with E-state index in [2.05, 4.69) is 27.2 Å². The highest BCUT2D eigenvalue weighted by molar-refractivity contribution is 5.73. The molecule has 0 saturated heterocycles. The summed E-state index contributed by atoms with van der Waals surface area (Å²) in [4.78, 5) is 20.9. The zero-order valence-corrected chi connectivity index (χ0v) is 18.0. The molecule has 0 saturated carbocycles. The second-order valence-electron chi connectivity index (χ2n) is 8.11. The van der Waals surface area contributed by atoms with Crippen LogP contribution in [0.3, 0.4) is 0 Å². The van der Waals surface area contributed by atoms with Crippen LogP contribution in [-0.4, -0.2) is 43.6 Å². The van der Waals surface area contributed by atoms with Gasteiger partial charge in [-0.2, -0.15) is 10.1 Å². The standard InChI is InChI=1S/C24H21N5O4/c1-28-12-17(11-26-28)15-4-5-19-16(9-15)6-8-29-20(19)10-22(27-24(29)30)31-13-18-14-32-23-21(33-18)3-2-7-25-23/h2-5,7,9-12,18H,6,8,13-14H2,1H3. The van der Waals surface area contributed by atoms with Gasteiger partial charge in [0.2, 0.25) is 5.88 Å². The molecular weight excluding hydrogens is 422 g/mol. The van der Waals surface area contributed by atoms with Crippen LogP contribution in [0.25, 0.3) is 22.4 Å². The van der Waals surface area contributed by atoms with Gasteiger partial charge in [0.05, 0.1) is 11.9 Å². The van der Waals surface area contributed by atoms with Crippen LogP contribution in [0.2, 0.25) is 0 Å². The van der Waals surface area contributed by atoms with Crippen LogP contribution < -0.4 is 19.9 Å². The second-order valence-corrected chi connectivity index (χ2v) is 8.11. The van der Waals surface area contributed by atoms with Crippen molar-refractivity contribution >= 4 is 0 Å². The molecule has 5 heterocycles. The third kappa shape index (κ3) is 3.61. The number of ether oxygens (including phenoxy) is 3. The minimum atomic E-state index is -0.323. The summed E-state index contributed by atoms with van der Waals surface area (Å²) in [5.74, 6) is 1.33. The highest BCUT2D eigenvalue weighted by Gasteiger charge is 2.24. The zero-order chi connectivity index (χ0) is 22.4. The fourth-order valence-corrected chi connectivity index (χ4v) is 4.25. The van der Waals surface area contributed by atoms with E-state index in [0.29, 0.717) is 24.8 Å². The molecule has 0 radical (unpaired) electrons. The summed E-state index contributed by atoms with van der Waals surface area (Å²) < 4.78 is 20.8. The van der Waals surface area contributed by atoms with Gasteiger partial charge in [0.15, 0.2) is 11.9 Å². The van der Waals surface area contributed by atoms with Crippen molar-refractivity contribution in [2.45, 2.75) is 19.1 Å². The molecule has 1 aromatic carbocycles. The molecule has 0 bridgehead atoms. The van der Waals surface area contributed by atoms with E-state index in [1.165, 1.54) is 5.56 Å². The van der Waals surface area contributed by atoms with Gasteiger partial charge < -0.3 is 14.2 Å². The van der Waals surface area contributed by atoms with Crippen molar-refractivity contribution in [2.75, 3.05) is 13.2 Å². The molecule has 0 amide bonds. The minimum absolute atomic E-state index is 0.205. The first-order valence-electron chi connectivity index (χ1n) is 10.8. The van der Waals surface area contributed by atoms with Gasteiger partial charge in [-0.05, 0) is 29.7 Å². The highest BCUT2D eigenvalue weighted by Crippen LogP contribution is 2.33. The molecule has 6 rings (SSSR count). The summed E-state index contributed by atoms with van der Waals surface area (Å²) in [7, 11) is 1.90. The van der Waals surface area contributed by atoms with Crippen molar-refractivity contribution in [1.82, 2.24) is 24.3 Å². The molecule has 2 aliphatic heterocycles. The smallest absolute Gasteiger partial charge is 0.351 e. The molecule has 2 aliphatic rings. The zero-order valence-electron chi connectivity index (χ0n) is 18.0. The molecule has 3 aromatic heterocycles. The molecule has 0 aliphatic carbocycles. The normalized spacial score (nSPS) is 16.1. The van der Waals surface area contributed by atoms with Gasteiger partial charge in [0, 0.05) is 43.2 Å². The predicted molar refractivity (Wildman–Crippen MR) is 119 cm³/mol. The Hall–Kier alpha value is -4.14. The van der Waals surface area contributed by atoms with Crippen LogP contribution in [0.15, 0.2) is 59.8 Å². The topological polar surface area (TPSA) is 93.3 Å². The molecule has 0 fully saturated rings. The Labute approximate surface area is 189 Å². The molecule has 0 spiro atoms. The van der Waals surface area contributed by atoms with E-state index in [1.807, 2.05) is 31.6 Å². The molecule has 9 nitrogen and oxygen atoms in total. The van der Waals surface area contributed by atoms with Gasteiger partial charge in [-0.25, -0.2) is 9.78 Å². The quantitative estimate of drug-likeness (QED) is 0.478. The van der Waals surface area contributed by atoms with Gasteiger partial charge in [0.1, 0.15) is 13.2 Å². The van der Waals surface area contributed by atoms with E-state index in [9.17, 15) is 4.79 Å². The average molecular weight is 443 g/mol. The van der Waals surface area contributed by atoms with Crippen LogP contribution >= 0.6 is 0 Å². The number of rotatable bonds is 4. The summed E-state index contributed by atoms with van der Waals surface area (Å²) in [6.45, 7) is 1.10. The van der Waals surface area contributed by atoms with Gasteiger partial charge in [0.25, 0.3) is 5.88 Å². The molecule has 166 valence electrons. The lowest BCUT2D eigenvalue weighted by Gasteiger charge is -2.26. The number of fused-ring (bicyclic) bond motifs is 4. The van der Waals surface area contributed by atoms with Gasteiger partial charge in [-0.15, -0.1) is 0 Å². The van der Waals surface area contributed by atoms with Crippen LogP contribution in [0, 0.1) is 0 Å². The minimum Gasteiger partial charge on any atom is -0.478 e. The average Bonchev–Trinajstić information content (AvgIpc) is 3.28. The number of hydrogen-bond acceptors (Lipinski definition) is 7. The maximum atomic E-state index is 12.7. The first-order chi connectivity index (χ1) is 16.1. The Balaban J connectivity index is 1.25. The Morgan fingerprint density at radius 3 is 3.03 bits per heavy atom. The van der Waals surface area contributed by atoms with Crippen molar-refractivity contribution in [3.05, 3.63) is 71.0 Å². The van der Waals surface area contributed by atoms with E-state index in [4.69, 9.17) is 14.2 Å². The lowest BCUT2D eigenvalue weighted by Crippen LogP contribution is -2.35. The van der Waals surface area contributed by atoms with Crippen molar-refractivity contribution < 1.29 is 14.2 Å². The molecule has 1 atom stereocenters. The van der Waals surface area contributed by atoms with E-state index in [-0.39, 0.29) is 24.3 Å². The first kappa shape index (κ1) is 19.5. The Kier molecular flexibility index (Phi) is 4.60. The summed E-state index contributed by atoms with van der Waals surface area (Å²) in [5.41, 5.74) is 4.84. The Morgan fingerprint density at radius 2 is 2.15 bits per heavy atom. The van der Waals surface area contributed by atoms with Crippen molar-refractivity contribution in [1.29, 1.82) is 0 Å². The summed E-state index contributed by atoms with van der Waals surface area (Å²) in [6, 6.07) is 11.7. The molecule has 33 heavy (non-hydrogen) atoms. The monoisotopic (exact) mass is 443 g/mol. The van der Waals surface area contributed by atoms with Crippen molar-refractivity contribution in [3.8, 4) is 39.9 Å². The molecule has 1 unspecified atom stereocenters. The molecule has 4 aromatic rings. The summed E-state index contributed by atoms with van der Waals surface area (Å²) >= 11 is 0. The van der Waals surface area contributed by atoms with Crippen LogP contribution in [-0.2, 0) is 20.0 Å². The predicted octanol–water partition coefficient (Wildman–Crippen LogP) is 2.48. The number of nitrogens with zero attached hydrogens (tertiary/aromatic N) is 5. The maximum absolute atomic E-state index is 12.7. The van der Waals surface area contributed by atoms with Gasteiger partial charge in [-0.1, -0.05) is 18.2 Å². The number of aryl methyl sites for hydroxylation is 2. The molecule has 0 N–H and O–H groups in total. The van der Waals surface area contributed by atoms with E-state index in [1.54, 1.807) is 27.6 Å². The SMILES string of the molecule is Cn1cc(-c2ccc3c(c2)CCn2c-3cc(OCC3COc4ncccc4O3)nc2=O)cn1. The van der Waals surface area contributed by atoms with Crippen LogP contribution in [0.5, 0.6) is 17.5 Å².